The molecule has 7 nitrogen and oxygen atoms in total. The van der Waals surface area contributed by atoms with Gasteiger partial charge in [0.2, 0.25) is 0 Å². The lowest BCUT2D eigenvalue weighted by molar-refractivity contribution is 0.315. The quantitative estimate of drug-likeness (QED) is 0.259. The van der Waals surface area contributed by atoms with Crippen LogP contribution in [-0.2, 0) is 4.74 Å². The Morgan fingerprint density at radius 1 is 1.27 bits per heavy atom. The molecular weight excluding hydrogens is 148 g/mol. The number of epoxide rings is 1. The highest BCUT2D eigenvalue weighted by molar-refractivity contribution is 4.96. The average Bonchev–Trinajstić information content (AvgIpc) is 2.79. The number of rotatable bonds is 4. The molecule has 0 N–H and O–H groups in total. The summed E-state index contributed by atoms with van der Waals surface area (Å²) in [6, 6.07) is 0. The van der Waals surface area contributed by atoms with Crippen LogP contribution < -0.4 is 0 Å². The van der Waals surface area contributed by atoms with Crippen LogP contribution in [0.4, 0.5) is 0 Å². The first-order valence-electron chi connectivity index (χ1n) is 2.99. The first-order valence-corrected chi connectivity index (χ1v) is 2.99. The second-order valence-corrected chi connectivity index (χ2v) is 2.25. The fraction of sp³-hybridized carbons (Fsp3) is 1.00. The second kappa shape index (κ2) is 3.12. The Kier molecular flexibility index (Phi) is 2.18. The minimum absolute atomic E-state index is 0.239. The molecule has 0 saturated carbocycles. The molecule has 1 aliphatic rings. The van der Waals surface area contributed by atoms with Gasteiger partial charge >= 0.3 is 0 Å². The van der Waals surface area contributed by atoms with Crippen LogP contribution in [0.25, 0.3) is 20.9 Å². The van der Waals surface area contributed by atoms with E-state index in [-0.39, 0.29) is 13.1 Å². The van der Waals surface area contributed by atoms with E-state index in [1.165, 1.54) is 0 Å². The Labute approximate surface area is 62.2 Å². The predicted octanol–water partition coefficient (Wildman–Crippen LogP) is 1.38. The Morgan fingerprint density at radius 3 is 2.00 bits per heavy atom. The third-order valence-corrected chi connectivity index (χ3v) is 1.40. The van der Waals surface area contributed by atoms with Gasteiger partial charge in [0.15, 0.2) is 0 Å². The van der Waals surface area contributed by atoms with Crippen LogP contribution in [-0.4, -0.2) is 25.3 Å². The van der Waals surface area contributed by atoms with Crippen molar-refractivity contribution in [3.63, 3.8) is 0 Å². The molecule has 0 unspecified atom stereocenters. The zero-order valence-electron chi connectivity index (χ0n) is 5.71. The average molecular weight is 154 g/mol. The summed E-state index contributed by atoms with van der Waals surface area (Å²) in [7, 11) is 0. The molecule has 0 aromatic carbocycles. The summed E-state index contributed by atoms with van der Waals surface area (Å²) in [5.74, 6) is 0. The molecule has 0 aromatic rings. The molecule has 0 bridgehead atoms. The number of hydrogen-bond acceptors (Lipinski definition) is 3. The minimum atomic E-state index is -0.488. The third-order valence-electron chi connectivity index (χ3n) is 1.40. The highest BCUT2D eigenvalue weighted by atomic mass is 16.6. The summed E-state index contributed by atoms with van der Waals surface area (Å²) in [6.07, 6.45) is 0. The molecule has 0 aliphatic carbocycles. The van der Waals surface area contributed by atoms with Gasteiger partial charge < -0.3 is 4.74 Å². The Bertz CT molecular complexity index is 211. The van der Waals surface area contributed by atoms with Crippen LogP contribution in [0.15, 0.2) is 10.2 Å². The molecule has 11 heavy (non-hydrogen) atoms. The lowest BCUT2D eigenvalue weighted by Gasteiger charge is -2.00. The van der Waals surface area contributed by atoms with Crippen molar-refractivity contribution in [3.8, 4) is 0 Å². The smallest absolute Gasteiger partial charge is 0.103 e. The fourth-order valence-corrected chi connectivity index (χ4v) is 0.656. The third kappa shape index (κ3) is 2.01. The molecule has 0 radical (unpaired) electrons. The normalized spacial score (nSPS) is 26.5. The van der Waals surface area contributed by atoms with Crippen LogP contribution in [0.5, 0.6) is 0 Å². The summed E-state index contributed by atoms with van der Waals surface area (Å²) in [5.41, 5.74) is 15.5. The van der Waals surface area contributed by atoms with E-state index in [9.17, 15) is 0 Å². The standard InChI is InChI=1S/C4H6N6O/c5-9-7-1-4(3-11-4)2-8-10-6/h1-3H2. The summed E-state index contributed by atoms with van der Waals surface area (Å²) in [5, 5.41) is 6.66. The molecule has 58 valence electrons. The summed E-state index contributed by atoms with van der Waals surface area (Å²) >= 11 is 0. The van der Waals surface area contributed by atoms with Gasteiger partial charge in [0.1, 0.15) is 5.60 Å². The van der Waals surface area contributed by atoms with Crippen molar-refractivity contribution in [1.82, 2.24) is 0 Å². The first kappa shape index (κ1) is 7.68. The van der Waals surface area contributed by atoms with Gasteiger partial charge in [0.25, 0.3) is 0 Å². The first-order chi connectivity index (χ1) is 5.33. The van der Waals surface area contributed by atoms with Crippen molar-refractivity contribution >= 4 is 0 Å². The van der Waals surface area contributed by atoms with Crippen molar-refractivity contribution < 1.29 is 4.74 Å². The molecular formula is C4H6N6O. The van der Waals surface area contributed by atoms with Crippen LogP contribution in [0.2, 0.25) is 0 Å². The van der Waals surface area contributed by atoms with E-state index >= 15 is 0 Å². The molecule has 1 fully saturated rings. The topological polar surface area (TPSA) is 110 Å². The zero-order valence-corrected chi connectivity index (χ0v) is 5.71. The number of azide groups is 2. The lowest BCUT2D eigenvalue weighted by Crippen LogP contribution is -2.18. The van der Waals surface area contributed by atoms with Gasteiger partial charge in [-0.25, -0.2) is 0 Å². The summed E-state index contributed by atoms with van der Waals surface area (Å²) in [6.45, 7) is 0.982. The van der Waals surface area contributed by atoms with Gasteiger partial charge in [-0.1, -0.05) is 10.2 Å². The van der Waals surface area contributed by atoms with E-state index in [0.29, 0.717) is 6.61 Å². The maximum absolute atomic E-state index is 7.98. The number of nitrogens with zero attached hydrogens (tertiary/aromatic N) is 6. The van der Waals surface area contributed by atoms with Gasteiger partial charge in [0.05, 0.1) is 19.7 Å². The maximum atomic E-state index is 7.98. The summed E-state index contributed by atoms with van der Waals surface area (Å²) in [4.78, 5) is 5.16. The predicted molar refractivity (Wildman–Crippen MR) is 36.7 cm³/mol. The molecule has 0 aromatic heterocycles. The van der Waals surface area contributed by atoms with Gasteiger partial charge in [-0.3, -0.25) is 0 Å². The van der Waals surface area contributed by atoms with Crippen LogP contribution in [0.1, 0.15) is 0 Å². The lowest BCUT2D eigenvalue weighted by atomic mass is 10.2. The van der Waals surface area contributed by atoms with E-state index in [0.717, 1.165) is 0 Å². The Balaban J connectivity index is 2.40. The van der Waals surface area contributed by atoms with Crippen LogP contribution >= 0.6 is 0 Å². The van der Waals surface area contributed by atoms with E-state index < -0.39 is 5.60 Å². The van der Waals surface area contributed by atoms with Gasteiger partial charge in [-0.05, 0) is 11.1 Å². The van der Waals surface area contributed by atoms with Crippen molar-refractivity contribution in [1.29, 1.82) is 0 Å². The van der Waals surface area contributed by atoms with E-state index in [1.807, 2.05) is 0 Å². The number of hydrogen-bond donors (Lipinski definition) is 0. The van der Waals surface area contributed by atoms with Gasteiger partial charge in [-0.15, -0.1) is 0 Å². The Hall–Kier alpha value is -1.42. The fourth-order valence-electron chi connectivity index (χ4n) is 0.656. The second-order valence-electron chi connectivity index (χ2n) is 2.25. The molecule has 0 amide bonds. The largest absolute Gasteiger partial charge is 0.369 e. The van der Waals surface area contributed by atoms with E-state index in [1.54, 1.807) is 0 Å². The molecule has 1 saturated heterocycles. The van der Waals surface area contributed by atoms with Crippen molar-refractivity contribution in [2.45, 2.75) is 5.60 Å². The molecule has 1 rings (SSSR count). The minimum Gasteiger partial charge on any atom is -0.369 e. The zero-order chi connectivity index (χ0) is 8.16. The van der Waals surface area contributed by atoms with Crippen molar-refractivity contribution in [2.75, 3.05) is 19.7 Å². The van der Waals surface area contributed by atoms with Crippen LogP contribution in [0.3, 0.4) is 0 Å². The summed E-state index contributed by atoms with van der Waals surface area (Å²) < 4.78 is 4.97. The SMILES string of the molecule is [N-]=[N+]=NCC1(CN=[N+]=[N-])CO1. The molecule has 1 heterocycles. The molecule has 7 heteroatoms. The monoisotopic (exact) mass is 154 g/mol. The maximum Gasteiger partial charge on any atom is 0.103 e. The van der Waals surface area contributed by atoms with Gasteiger partial charge in [0, 0.05) is 9.82 Å². The van der Waals surface area contributed by atoms with Crippen LogP contribution in [0, 0.1) is 0 Å². The highest BCUT2D eigenvalue weighted by Gasteiger charge is 2.43. The molecule has 0 spiro atoms. The Morgan fingerprint density at radius 2 is 1.73 bits per heavy atom. The molecule has 0 atom stereocenters. The van der Waals surface area contributed by atoms with E-state index in [4.69, 9.17) is 15.8 Å². The van der Waals surface area contributed by atoms with Gasteiger partial charge in [-0.2, -0.15) is 0 Å². The van der Waals surface area contributed by atoms with E-state index in [2.05, 4.69) is 20.1 Å². The highest BCUT2D eigenvalue weighted by Crippen LogP contribution is 2.27. The van der Waals surface area contributed by atoms with Crippen molar-refractivity contribution in [3.05, 3.63) is 20.9 Å². The van der Waals surface area contributed by atoms with Crippen molar-refractivity contribution in [2.24, 2.45) is 10.2 Å². The number of ether oxygens (including phenoxy) is 1. The molecule has 1 aliphatic heterocycles.